The lowest BCUT2D eigenvalue weighted by Gasteiger charge is -2.11. The molecule has 1 nitrogen and oxygen atoms in total. The molecular formula is C16H12OS2. The highest BCUT2D eigenvalue weighted by molar-refractivity contribution is 8.10. The minimum atomic E-state index is 0.275. The molecule has 19 heavy (non-hydrogen) atoms. The van der Waals surface area contributed by atoms with Gasteiger partial charge in [0.1, 0.15) is 6.61 Å². The van der Waals surface area contributed by atoms with E-state index in [9.17, 15) is 0 Å². The zero-order valence-corrected chi connectivity index (χ0v) is 11.9. The maximum absolute atomic E-state index is 5.44. The molecule has 0 saturated heterocycles. The summed E-state index contributed by atoms with van der Waals surface area (Å²) >= 11 is 8.91. The average molecular weight is 284 g/mol. The minimum Gasteiger partial charge on any atom is -0.474 e. The van der Waals surface area contributed by atoms with Crippen molar-refractivity contribution >= 4 is 50.8 Å². The van der Waals surface area contributed by atoms with Crippen LogP contribution in [0, 0.1) is 0 Å². The molecule has 0 bridgehead atoms. The van der Waals surface area contributed by atoms with E-state index in [2.05, 4.69) is 43.0 Å². The number of hydrogen-bond donors (Lipinski definition) is 1. The van der Waals surface area contributed by atoms with Crippen LogP contribution in [-0.2, 0) is 11.3 Å². The Morgan fingerprint density at radius 1 is 0.947 bits per heavy atom. The zero-order valence-electron chi connectivity index (χ0n) is 10.2. The summed E-state index contributed by atoms with van der Waals surface area (Å²) in [5, 5.41) is 4.83. The lowest BCUT2D eigenvalue weighted by atomic mass is 9.97. The number of benzene rings is 3. The third-order valence-electron chi connectivity index (χ3n) is 3.22. The molecule has 0 fully saturated rings. The number of hydrogen-bond acceptors (Lipinski definition) is 2. The van der Waals surface area contributed by atoms with Crippen molar-refractivity contribution < 1.29 is 4.74 Å². The molecule has 0 unspecified atom stereocenters. The van der Waals surface area contributed by atoms with Crippen LogP contribution < -0.4 is 0 Å². The quantitative estimate of drug-likeness (QED) is 0.414. The first kappa shape index (κ1) is 12.5. The molecule has 3 heteroatoms. The van der Waals surface area contributed by atoms with Crippen molar-refractivity contribution in [1.82, 2.24) is 0 Å². The van der Waals surface area contributed by atoms with Crippen molar-refractivity contribution in [3.8, 4) is 0 Å². The van der Waals surface area contributed by atoms with Gasteiger partial charge in [0.2, 0.25) is 4.38 Å². The molecule has 0 saturated carbocycles. The van der Waals surface area contributed by atoms with Crippen LogP contribution in [0.3, 0.4) is 0 Å². The van der Waals surface area contributed by atoms with Gasteiger partial charge in [0.15, 0.2) is 0 Å². The highest BCUT2D eigenvalue weighted by Gasteiger charge is 2.07. The molecule has 0 atom stereocenters. The average Bonchev–Trinajstić information content (AvgIpc) is 2.43. The summed E-state index contributed by atoms with van der Waals surface area (Å²) < 4.78 is 5.71. The normalized spacial score (nSPS) is 10.8. The first-order chi connectivity index (χ1) is 9.25. The molecule has 0 aliphatic heterocycles. The van der Waals surface area contributed by atoms with E-state index in [1.54, 1.807) is 0 Å². The van der Waals surface area contributed by atoms with Gasteiger partial charge >= 0.3 is 0 Å². The third-order valence-corrected chi connectivity index (χ3v) is 3.47. The van der Waals surface area contributed by atoms with Crippen LogP contribution in [0.5, 0.6) is 0 Å². The van der Waals surface area contributed by atoms with Crippen molar-refractivity contribution in [2.75, 3.05) is 0 Å². The predicted octanol–water partition coefficient (Wildman–Crippen LogP) is 4.72. The van der Waals surface area contributed by atoms with Gasteiger partial charge in [-0.1, -0.05) is 61.2 Å². The molecular weight excluding hydrogens is 272 g/mol. The maximum Gasteiger partial charge on any atom is 0.217 e. The van der Waals surface area contributed by atoms with Crippen LogP contribution >= 0.6 is 24.8 Å². The van der Waals surface area contributed by atoms with E-state index in [0.717, 1.165) is 5.56 Å². The van der Waals surface area contributed by atoms with Crippen LogP contribution in [0.4, 0.5) is 0 Å². The fourth-order valence-corrected chi connectivity index (χ4v) is 2.52. The molecule has 3 aromatic carbocycles. The van der Waals surface area contributed by atoms with E-state index in [0.29, 0.717) is 6.61 Å². The van der Waals surface area contributed by atoms with Gasteiger partial charge in [-0.3, -0.25) is 0 Å². The monoisotopic (exact) mass is 284 g/mol. The number of ether oxygens (including phenoxy) is 1. The minimum absolute atomic E-state index is 0.275. The topological polar surface area (TPSA) is 9.23 Å². The van der Waals surface area contributed by atoms with Gasteiger partial charge in [0, 0.05) is 5.56 Å². The smallest absolute Gasteiger partial charge is 0.217 e. The van der Waals surface area contributed by atoms with Crippen molar-refractivity contribution in [3.05, 3.63) is 60.2 Å². The van der Waals surface area contributed by atoms with Crippen LogP contribution in [0.2, 0.25) is 0 Å². The van der Waals surface area contributed by atoms with E-state index < -0.39 is 0 Å². The molecule has 94 valence electrons. The fraction of sp³-hybridized carbons (Fsp3) is 0.0625. The number of thiocarbonyl (C=S) groups is 1. The third kappa shape index (κ3) is 2.44. The SMILES string of the molecule is S=C(S)OCc1c2ccccc2cc2ccccc12. The van der Waals surface area contributed by atoms with Gasteiger partial charge in [0.25, 0.3) is 0 Å². The first-order valence-electron chi connectivity index (χ1n) is 6.01. The lowest BCUT2D eigenvalue weighted by molar-refractivity contribution is 0.313. The Morgan fingerprint density at radius 2 is 1.47 bits per heavy atom. The van der Waals surface area contributed by atoms with Gasteiger partial charge in [-0.05, 0) is 39.8 Å². The number of fused-ring (bicyclic) bond motifs is 2. The fourth-order valence-electron chi connectivity index (χ4n) is 2.40. The van der Waals surface area contributed by atoms with Gasteiger partial charge in [-0.15, -0.1) is 0 Å². The lowest BCUT2D eigenvalue weighted by Crippen LogP contribution is -1.97. The number of thiol groups is 1. The second-order valence-corrected chi connectivity index (χ2v) is 5.43. The Labute approximate surface area is 122 Å². The van der Waals surface area contributed by atoms with Gasteiger partial charge in [-0.25, -0.2) is 0 Å². The molecule has 0 aliphatic rings. The van der Waals surface area contributed by atoms with Crippen molar-refractivity contribution in [1.29, 1.82) is 0 Å². The predicted molar refractivity (Wildman–Crippen MR) is 87.8 cm³/mol. The summed E-state index contributed by atoms with van der Waals surface area (Å²) in [7, 11) is 0. The molecule has 0 radical (unpaired) electrons. The summed E-state index contributed by atoms with van der Waals surface area (Å²) in [5.74, 6) is 0. The molecule has 0 heterocycles. The molecule has 0 aromatic heterocycles. The van der Waals surface area contributed by atoms with Crippen LogP contribution in [-0.4, -0.2) is 4.38 Å². The van der Waals surface area contributed by atoms with Gasteiger partial charge in [-0.2, -0.15) is 0 Å². The summed E-state index contributed by atoms with van der Waals surface area (Å²) in [5.41, 5.74) is 1.16. The molecule has 0 amide bonds. The van der Waals surface area contributed by atoms with Crippen LogP contribution in [0.25, 0.3) is 21.5 Å². The zero-order chi connectivity index (χ0) is 13.2. The molecule has 3 aromatic rings. The number of rotatable bonds is 2. The van der Waals surface area contributed by atoms with Crippen LogP contribution in [0.1, 0.15) is 5.56 Å². The van der Waals surface area contributed by atoms with Crippen molar-refractivity contribution in [3.63, 3.8) is 0 Å². The van der Waals surface area contributed by atoms with Gasteiger partial charge < -0.3 is 4.74 Å². The van der Waals surface area contributed by atoms with Crippen LogP contribution in [0.15, 0.2) is 54.6 Å². The summed E-state index contributed by atoms with van der Waals surface area (Å²) in [6.07, 6.45) is 0. The highest BCUT2D eigenvalue weighted by Crippen LogP contribution is 2.29. The van der Waals surface area contributed by atoms with Crippen molar-refractivity contribution in [2.45, 2.75) is 6.61 Å². The van der Waals surface area contributed by atoms with E-state index in [1.165, 1.54) is 21.5 Å². The summed E-state index contributed by atoms with van der Waals surface area (Å²) in [6.45, 7) is 0.449. The summed E-state index contributed by atoms with van der Waals surface area (Å²) in [6, 6.07) is 18.8. The second-order valence-electron chi connectivity index (χ2n) is 4.35. The Bertz CT molecular complexity index is 711. The molecule has 0 N–H and O–H groups in total. The molecule has 3 rings (SSSR count). The van der Waals surface area contributed by atoms with Gasteiger partial charge in [0.05, 0.1) is 0 Å². The maximum atomic E-state index is 5.44. The highest BCUT2D eigenvalue weighted by atomic mass is 32.1. The second kappa shape index (κ2) is 5.19. The summed E-state index contributed by atoms with van der Waals surface area (Å²) in [4.78, 5) is 0. The Kier molecular flexibility index (Phi) is 3.40. The molecule has 0 aliphatic carbocycles. The van der Waals surface area contributed by atoms with Crippen molar-refractivity contribution in [2.24, 2.45) is 0 Å². The van der Waals surface area contributed by atoms with E-state index in [4.69, 9.17) is 17.0 Å². The first-order valence-corrected chi connectivity index (χ1v) is 6.86. The Balaban J connectivity index is 2.29. The molecule has 0 spiro atoms. The Hall–Kier alpha value is -1.58. The Morgan fingerprint density at radius 3 is 2.00 bits per heavy atom. The van der Waals surface area contributed by atoms with E-state index in [-0.39, 0.29) is 4.38 Å². The van der Waals surface area contributed by atoms with E-state index >= 15 is 0 Å². The van der Waals surface area contributed by atoms with E-state index in [1.807, 2.05) is 24.3 Å². The largest absolute Gasteiger partial charge is 0.474 e. The standard InChI is InChI=1S/C16H12OS2/c18-16(19)17-10-15-13-7-3-1-5-11(13)9-12-6-2-4-8-14(12)15/h1-9H,10H2,(H,18,19).